The van der Waals surface area contributed by atoms with Crippen LogP contribution in [0, 0.1) is 0 Å². The quantitative estimate of drug-likeness (QED) is 0.471. The summed E-state index contributed by atoms with van der Waals surface area (Å²) < 4.78 is 5.78. The molecule has 0 aliphatic carbocycles. The molecule has 2 heterocycles. The number of imide groups is 1. The molecular formula is C29H28N2O3. The smallest absolute Gasteiger partial charge is 0.282 e. The first-order chi connectivity index (χ1) is 16.5. The molecule has 2 aliphatic heterocycles. The van der Waals surface area contributed by atoms with Gasteiger partial charge < -0.3 is 9.64 Å². The molecule has 2 amide bonds. The van der Waals surface area contributed by atoms with Crippen LogP contribution in [0.15, 0.2) is 78.5 Å². The molecule has 172 valence electrons. The summed E-state index contributed by atoms with van der Waals surface area (Å²) >= 11 is 0. The van der Waals surface area contributed by atoms with Crippen LogP contribution in [0.5, 0.6) is 5.75 Å². The average Bonchev–Trinajstić information content (AvgIpc) is 3.37. The topological polar surface area (TPSA) is 49.9 Å². The molecule has 5 rings (SSSR count). The SMILES string of the molecule is CCc1ccc(N2C(=O)C(c3ccc(OC(C)C)cc3)=C(N3CCc4ccccc43)C2=O)cc1. The van der Waals surface area contributed by atoms with Crippen molar-refractivity contribution in [2.24, 2.45) is 0 Å². The van der Waals surface area contributed by atoms with E-state index in [1.165, 1.54) is 10.5 Å². The fraction of sp³-hybridized carbons (Fsp3) is 0.241. The van der Waals surface area contributed by atoms with Gasteiger partial charge in [0.05, 0.1) is 17.4 Å². The fourth-order valence-electron chi connectivity index (χ4n) is 4.69. The molecule has 0 saturated carbocycles. The minimum Gasteiger partial charge on any atom is -0.491 e. The van der Waals surface area contributed by atoms with E-state index in [0.717, 1.165) is 29.8 Å². The number of hydrogen-bond donors (Lipinski definition) is 0. The maximum Gasteiger partial charge on any atom is 0.282 e. The maximum atomic E-state index is 13.8. The zero-order valence-corrected chi connectivity index (χ0v) is 19.7. The first-order valence-corrected chi connectivity index (χ1v) is 11.8. The number of para-hydroxylation sites is 1. The van der Waals surface area contributed by atoms with Crippen molar-refractivity contribution in [1.29, 1.82) is 0 Å². The van der Waals surface area contributed by atoms with E-state index in [2.05, 4.69) is 13.0 Å². The summed E-state index contributed by atoms with van der Waals surface area (Å²) in [5.74, 6) is 0.144. The molecule has 0 atom stereocenters. The predicted molar refractivity (Wildman–Crippen MR) is 135 cm³/mol. The Bertz CT molecular complexity index is 1270. The van der Waals surface area contributed by atoms with Gasteiger partial charge in [0.2, 0.25) is 0 Å². The lowest BCUT2D eigenvalue weighted by molar-refractivity contribution is -0.120. The fourth-order valence-corrected chi connectivity index (χ4v) is 4.69. The van der Waals surface area contributed by atoms with Crippen molar-refractivity contribution in [3.05, 3.63) is 95.2 Å². The second-order valence-corrected chi connectivity index (χ2v) is 8.91. The number of fused-ring (bicyclic) bond motifs is 1. The van der Waals surface area contributed by atoms with Crippen LogP contribution in [0.3, 0.4) is 0 Å². The summed E-state index contributed by atoms with van der Waals surface area (Å²) in [4.78, 5) is 31.0. The molecule has 2 aliphatic rings. The van der Waals surface area contributed by atoms with E-state index < -0.39 is 0 Å². The molecule has 5 heteroatoms. The zero-order valence-electron chi connectivity index (χ0n) is 19.7. The van der Waals surface area contributed by atoms with Crippen LogP contribution >= 0.6 is 0 Å². The van der Waals surface area contributed by atoms with Crippen molar-refractivity contribution in [3.8, 4) is 5.75 Å². The molecule has 0 spiro atoms. The number of benzene rings is 3. The molecule has 0 unspecified atom stereocenters. The van der Waals surface area contributed by atoms with Crippen LogP contribution in [-0.2, 0) is 22.4 Å². The van der Waals surface area contributed by atoms with Crippen molar-refractivity contribution in [1.82, 2.24) is 0 Å². The largest absolute Gasteiger partial charge is 0.491 e. The molecular weight excluding hydrogens is 424 g/mol. The molecule has 0 N–H and O–H groups in total. The lowest BCUT2D eigenvalue weighted by Gasteiger charge is -2.22. The Morgan fingerprint density at radius 3 is 2.26 bits per heavy atom. The van der Waals surface area contributed by atoms with Crippen LogP contribution in [-0.4, -0.2) is 24.5 Å². The second kappa shape index (κ2) is 8.82. The Morgan fingerprint density at radius 1 is 0.882 bits per heavy atom. The highest BCUT2D eigenvalue weighted by Gasteiger charge is 2.44. The van der Waals surface area contributed by atoms with E-state index in [1.807, 2.05) is 85.5 Å². The summed E-state index contributed by atoms with van der Waals surface area (Å²) in [6.07, 6.45) is 1.78. The van der Waals surface area contributed by atoms with Crippen molar-refractivity contribution >= 4 is 28.8 Å². The van der Waals surface area contributed by atoms with E-state index in [9.17, 15) is 9.59 Å². The minimum absolute atomic E-state index is 0.0537. The monoisotopic (exact) mass is 452 g/mol. The molecule has 0 fully saturated rings. The molecule has 0 radical (unpaired) electrons. The van der Waals surface area contributed by atoms with Gasteiger partial charge in [-0.05, 0) is 73.7 Å². The highest BCUT2D eigenvalue weighted by Crippen LogP contribution is 2.40. The third-order valence-corrected chi connectivity index (χ3v) is 6.33. The Kier molecular flexibility index (Phi) is 5.70. The van der Waals surface area contributed by atoms with E-state index >= 15 is 0 Å². The number of rotatable bonds is 6. The van der Waals surface area contributed by atoms with Gasteiger partial charge in [-0.3, -0.25) is 9.59 Å². The van der Waals surface area contributed by atoms with Gasteiger partial charge in [-0.15, -0.1) is 0 Å². The number of carbonyl (C=O) groups excluding carboxylic acids is 2. The van der Waals surface area contributed by atoms with Gasteiger partial charge in [0.1, 0.15) is 11.4 Å². The highest BCUT2D eigenvalue weighted by molar-refractivity contribution is 6.46. The van der Waals surface area contributed by atoms with Gasteiger partial charge in [-0.1, -0.05) is 49.4 Å². The van der Waals surface area contributed by atoms with Crippen molar-refractivity contribution in [2.45, 2.75) is 39.7 Å². The normalized spacial score (nSPS) is 15.5. The molecule has 5 nitrogen and oxygen atoms in total. The van der Waals surface area contributed by atoms with Crippen molar-refractivity contribution < 1.29 is 14.3 Å². The number of anilines is 2. The molecule has 0 saturated heterocycles. The number of hydrogen-bond acceptors (Lipinski definition) is 4. The van der Waals surface area contributed by atoms with E-state index in [1.54, 1.807) is 0 Å². The summed E-state index contributed by atoms with van der Waals surface area (Å²) in [5.41, 5.74) is 5.49. The minimum atomic E-state index is -0.300. The lowest BCUT2D eigenvalue weighted by Crippen LogP contribution is -2.34. The second-order valence-electron chi connectivity index (χ2n) is 8.91. The van der Waals surface area contributed by atoms with Gasteiger partial charge >= 0.3 is 0 Å². The third-order valence-electron chi connectivity index (χ3n) is 6.33. The molecule has 3 aromatic rings. The van der Waals surface area contributed by atoms with Crippen LogP contribution in [0.2, 0.25) is 0 Å². The van der Waals surface area contributed by atoms with Gasteiger partial charge in [-0.25, -0.2) is 4.90 Å². The van der Waals surface area contributed by atoms with Crippen LogP contribution in [0.1, 0.15) is 37.5 Å². The number of aryl methyl sites for hydroxylation is 1. The highest BCUT2D eigenvalue weighted by atomic mass is 16.5. The first-order valence-electron chi connectivity index (χ1n) is 11.8. The zero-order chi connectivity index (χ0) is 23.8. The number of carbonyl (C=O) groups is 2. The maximum absolute atomic E-state index is 13.8. The molecule has 0 aromatic heterocycles. The van der Waals surface area contributed by atoms with E-state index in [4.69, 9.17) is 4.74 Å². The molecule has 3 aromatic carbocycles. The Hall–Kier alpha value is -3.86. The van der Waals surface area contributed by atoms with Crippen LogP contribution in [0.25, 0.3) is 5.57 Å². The van der Waals surface area contributed by atoms with E-state index in [-0.39, 0.29) is 17.9 Å². The predicted octanol–water partition coefficient (Wildman–Crippen LogP) is 5.38. The standard InChI is InChI=1S/C29H28N2O3/c1-4-20-9-13-23(14-10-20)31-28(32)26(22-11-15-24(16-12-22)34-19(2)3)27(29(31)33)30-18-17-21-7-5-6-8-25(21)30/h5-16,19H,4,17-18H2,1-3H3. The first kappa shape index (κ1) is 22.0. The van der Waals surface area contributed by atoms with E-state index in [0.29, 0.717) is 29.1 Å². The number of amides is 2. The van der Waals surface area contributed by atoms with Gasteiger partial charge in [-0.2, -0.15) is 0 Å². The Morgan fingerprint density at radius 2 is 1.59 bits per heavy atom. The Labute approximate surface area is 200 Å². The molecule has 0 bridgehead atoms. The van der Waals surface area contributed by atoms with Crippen molar-refractivity contribution in [3.63, 3.8) is 0 Å². The van der Waals surface area contributed by atoms with Crippen molar-refractivity contribution in [2.75, 3.05) is 16.3 Å². The summed E-state index contributed by atoms with van der Waals surface area (Å²) in [7, 11) is 0. The van der Waals surface area contributed by atoms with Crippen LogP contribution in [0.4, 0.5) is 11.4 Å². The third kappa shape index (κ3) is 3.77. The number of ether oxygens (including phenoxy) is 1. The average molecular weight is 453 g/mol. The van der Waals surface area contributed by atoms with Gasteiger partial charge in [0.25, 0.3) is 11.8 Å². The summed E-state index contributed by atoms with van der Waals surface area (Å²) in [6.45, 7) is 6.69. The van der Waals surface area contributed by atoms with Crippen LogP contribution < -0.4 is 14.5 Å². The summed E-state index contributed by atoms with van der Waals surface area (Å²) in [6, 6.07) is 23.2. The molecule has 34 heavy (non-hydrogen) atoms. The lowest BCUT2D eigenvalue weighted by atomic mass is 10.0. The number of nitrogens with zero attached hydrogens (tertiary/aromatic N) is 2. The Balaban J connectivity index is 1.61. The van der Waals surface area contributed by atoms with Gasteiger partial charge in [0, 0.05) is 12.2 Å². The van der Waals surface area contributed by atoms with Gasteiger partial charge in [0.15, 0.2) is 0 Å². The summed E-state index contributed by atoms with van der Waals surface area (Å²) in [5, 5.41) is 0.